The predicted octanol–water partition coefficient (Wildman–Crippen LogP) is 1.77. The summed E-state index contributed by atoms with van der Waals surface area (Å²) in [6.07, 6.45) is 1.89. The number of carbonyl (C=O) groups excluding carboxylic acids is 2. The molecule has 3 rings (SSSR count). The fraction of sp³-hybridized carbons (Fsp3) is 0.526. The molecule has 1 N–H and O–H groups in total. The lowest BCUT2D eigenvalue weighted by molar-refractivity contribution is -0.145. The van der Waals surface area contributed by atoms with E-state index in [0.29, 0.717) is 60.4 Å². The first kappa shape index (κ1) is 19.8. The van der Waals surface area contributed by atoms with Gasteiger partial charge >= 0.3 is 5.97 Å². The van der Waals surface area contributed by atoms with Crippen molar-refractivity contribution < 1.29 is 24.0 Å². The van der Waals surface area contributed by atoms with Crippen molar-refractivity contribution in [3.63, 3.8) is 0 Å². The van der Waals surface area contributed by atoms with Crippen LogP contribution in [0.5, 0.6) is 0 Å². The molecule has 3 heterocycles. The highest BCUT2D eigenvalue weighted by atomic mass is 16.5. The number of likely N-dealkylation sites (tertiary alicyclic amines) is 1. The third-order valence-electron chi connectivity index (χ3n) is 5.11. The van der Waals surface area contributed by atoms with Gasteiger partial charge in [-0.05, 0) is 39.2 Å². The van der Waals surface area contributed by atoms with E-state index in [1.54, 1.807) is 24.8 Å². The maximum absolute atomic E-state index is 13.2. The van der Waals surface area contributed by atoms with Crippen molar-refractivity contribution in [2.24, 2.45) is 0 Å². The topological polar surface area (TPSA) is 117 Å². The Hall–Kier alpha value is -2.97. The molecule has 28 heavy (non-hydrogen) atoms. The van der Waals surface area contributed by atoms with Crippen LogP contribution in [0.25, 0.3) is 11.1 Å². The lowest BCUT2D eigenvalue weighted by Gasteiger charge is -2.29. The molecule has 0 spiro atoms. The number of aromatic nitrogens is 2. The number of amides is 2. The van der Waals surface area contributed by atoms with Gasteiger partial charge in [-0.25, -0.2) is 4.98 Å². The zero-order chi connectivity index (χ0) is 20.4. The summed E-state index contributed by atoms with van der Waals surface area (Å²) in [7, 11) is 0. The Morgan fingerprint density at radius 2 is 2.04 bits per heavy atom. The number of fused-ring (bicyclic) bond motifs is 1. The highest BCUT2D eigenvalue weighted by Gasteiger charge is 2.29. The summed E-state index contributed by atoms with van der Waals surface area (Å²) in [4.78, 5) is 43.6. The minimum Gasteiger partial charge on any atom is -0.480 e. The first-order valence-electron chi connectivity index (χ1n) is 9.29. The summed E-state index contributed by atoms with van der Waals surface area (Å²) in [6.45, 7) is 5.61. The normalized spacial score (nSPS) is 17.4. The molecule has 1 aliphatic rings. The van der Waals surface area contributed by atoms with Gasteiger partial charge in [-0.2, -0.15) is 0 Å². The third-order valence-corrected chi connectivity index (χ3v) is 5.11. The van der Waals surface area contributed by atoms with E-state index in [1.807, 2.05) is 0 Å². The Balaban J connectivity index is 1.81. The number of carbonyl (C=O) groups is 3. The van der Waals surface area contributed by atoms with Crippen LogP contribution in [-0.4, -0.2) is 68.5 Å². The van der Waals surface area contributed by atoms with Gasteiger partial charge in [0.25, 0.3) is 11.6 Å². The number of nitrogens with zero attached hydrogens (tertiary/aromatic N) is 4. The molecule has 1 fully saturated rings. The summed E-state index contributed by atoms with van der Waals surface area (Å²) in [5.41, 5.74) is 2.14. The monoisotopic (exact) mass is 388 g/mol. The summed E-state index contributed by atoms with van der Waals surface area (Å²) >= 11 is 0. The molecule has 0 aromatic carbocycles. The summed E-state index contributed by atoms with van der Waals surface area (Å²) in [6, 6.07) is 1.55. The predicted molar refractivity (Wildman–Crippen MR) is 99.8 cm³/mol. The maximum Gasteiger partial charge on any atom is 0.323 e. The van der Waals surface area contributed by atoms with Crippen molar-refractivity contribution in [1.82, 2.24) is 19.9 Å². The second-order valence-electron chi connectivity index (χ2n) is 7.18. The van der Waals surface area contributed by atoms with Gasteiger partial charge in [-0.3, -0.25) is 14.4 Å². The first-order valence-corrected chi connectivity index (χ1v) is 9.29. The Morgan fingerprint density at radius 3 is 2.71 bits per heavy atom. The highest BCUT2D eigenvalue weighted by Crippen LogP contribution is 2.25. The Morgan fingerprint density at radius 1 is 1.29 bits per heavy atom. The number of hydrogen-bond acceptors (Lipinski definition) is 6. The van der Waals surface area contributed by atoms with Gasteiger partial charge in [-0.15, -0.1) is 0 Å². The molecule has 1 aliphatic heterocycles. The van der Waals surface area contributed by atoms with Crippen LogP contribution in [0.1, 0.15) is 47.9 Å². The van der Waals surface area contributed by atoms with Gasteiger partial charge < -0.3 is 19.4 Å². The maximum atomic E-state index is 13.2. The first-order chi connectivity index (χ1) is 13.3. The molecule has 0 bridgehead atoms. The van der Waals surface area contributed by atoms with Gasteiger partial charge in [0.05, 0.1) is 16.6 Å². The van der Waals surface area contributed by atoms with Gasteiger partial charge in [0.1, 0.15) is 6.54 Å². The van der Waals surface area contributed by atoms with E-state index < -0.39 is 5.97 Å². The highest BCUT2D eigenvalue weighted by molar-refractivity contribution is 6.06. The van der Waals surface area contributed by atoms with Crippen molar-refractivity contribution in [3.05, 3.63) is 23.0 Å². The molecule has 2 amide bonds. The van der Waals surface area contributed by atoms with Crippen LogP contribution in [0.3, 0.4) is 0 Å². The van der Waals surface area contributed by atoms with Crippen LogP contribution >= 0.6 is 0 Å². The van der Waals surface area contributed by atoms with Gasteiger partial charge in [0, 0.05) is 31.7 Å². The SMILES string of the molecule is CC(=O)N(CC(=O)O)C1CCCN(C(=O)c2cc(C)nc3onc(C)c23)CC1. The molecule has 0 aliphatic carbocycles. The number of aryl methyl sites for hydroxylation is 2. The van der Waals surface area contributed by atoms with Crippen LogP contribution < -0.4 is 0 Å². The van der Waals surface area contributed by atoms with Crippen LogP contribution in [0, 0.1) is 13.8 Å². The summed E-state index contributed by atoms with van der Waals surface area (Å²) in [5.74, 6) is -1.43. The molecule has 1 atom stereocenters. The number of carboxylic acids is 1. The average Bonchev–Trinajstić information content (AvgIpc) is 2.85. The van der Waals surface area contributed by atoms with Crippen molar-refractivity contribution in [2.45, 2.75) is 46.1 Å². The Bertz CT molecular complexity index is 922. The van der Waals surface area contributed by atoms with E-state index in [0.717, 1.165) is 0 Å². The van der Waals surface area contributed by atoms with E-state index in [4.69, 9.17) is 9.63 Å². The lowest BCUT2D eigenvalue weighted by atomic mass is 10.1. The van der Waals surface area contributed by atoms with Crippen LogP contribution in [0.4, 0.5) is 0 Å². The zero-order valence-corrected chi connectivity index (χ0v) is 16.3. The van der Waals surface area contributed by atoms with E-state index in [-0.39, 0.29) is 24.4 Å². The molecule has 9 nitrogen and oxygen atoms in total. The second kappa shape index (κ2) is 7.95. The quantitative estimate of drug-likeness (QED) is 0.848. The standard InChI is InChI=1S/C19H24N4O5/c1-11-9-15(17-12(2)21-28-18(17)20-11)19(27)22-7-4-5-14(6-8-22)23(13(3)24)10-16(25)26/h9,14H,4-8,10H2,1-3H3,(H,25,26). The minimum atomic E-state index is -1.04. The summed E-state index contributed by atoms with van der Waals surface area (Å²) < 4.78 is 5.21. The molecule has 1 saturated heterocycles. The molecular formula is C19H24N4O5. The van der Waals surface area contributed by atoms with Crippen molar-refractivity contribution in [1.29, 1.82) is 0 Å². The van der Waals surface area contributed by atoms with E-state index in [9.17, 15) is 14.4 Å². The van der Waals surface area contributed by atoms with Gasteiger partial charge in [0.15, 0.2) is 0 Å². The molecule has 0 radical (unpaired) electrons. The van der Waals surface area contributed by atoms with Crippen molar-refractivity contribution >= 4 is 28.9 Å². The summed E-state index contributed by atoms with van der Waals surface area (Å²) in [5, 5.41) is 13.6. The number of carboxylic acid groups (broad SMARTS) is 1. The number of hydrogen-bond donors (Lipinski definition) is 1. The second-order valence-corrected chi connectivity index (χ2v) is 7.18. The lowest BCUT2D eigenvalue weighted by Crippen LogP contribution is -2.43. The van der Waals surface area contributed by atoms with E-state index in [2.05, 4.69) is 10.1 Å². The fourth-order valence-corrected chi connectivity index (χ4v) is 3.79. The molecular weight excluding hydrogens is 364 g/mol. The average molecular weight is 388 g/mol. The fourth-order valence-electron chi connectivity index (χ4n) is 3.79. The van der Waals surface area contributed by atoms with Gasteiger partial charge in [0.2, 0.25) is 5.91 Å². The molecule has 1 unspecified atom stereocenters. The molecule has 0 saturated carbocycles. The van der Waals surface area contributed by atoms with Crippen LogP contribution in [0.15, 0.2) is 10.6 Å². The Labute approximate surface area is 162 Å². The Kier molecular flexibility index (Phi) is 5.62. The van der Waals surface area contributed by atoms with Gasteiger partial charge in [-0.1, -0.05) is 5.16 Å². The van der Waals surface area contributed by atoms with E-state index >= 15 is 0 Å². The van der Waals surface area contributed by atoms with Crippen LogP contribution in [0.2, 0.25) is 0 Å². The molecule has 2 aromatic heterocycles. The smallest absolute Gasteiger partial charge is 0.323 e. The number of pyridine rings is 1. The number of rotatable bonds is 4. The molecule has 9 heteroatoms. The number of aliphatic carboxylic acids is 1. The largest absolute Gasteiger partial charge is 0.480 e. The van der Waals surface area contributed by atoms with Crippen molar-refractivity contribution in [3.8, 4) is 0 Å². The minimum absolute atomic E-state index is 0.130. The van der Waals surface area contributed by atoms with E-state index in [1.165, 1.54) is 11.8 Å². The molecule has 2 aromatic rings. The molecule has 150 valence electrons. The zero-order valence-electron chi connectivity index (χ0n) is 16.3. The third kappa shape index (κ3) is 3.97. The van der Waals surface area contributed by atoms with Crippen molar-refractivity contribution in [2.75, 3.05) is 19.6 Å². The van der Waals surface area contributed by atoms with Crippen LogP contribution in [-0.2, 0) is 9.59 Å².